The number of nitrogens with zero attached hydrogens (tertiary/aromatic N) is 6. The van der Waals surface area contributed by atoms with Crippen molar-refractivity contribution in [3.63, 3.8) is 0 Å². The van der Waals surface area contributed by atoms with Gasteiger partial charge in [-0.1, -0.05) is 16.8 Å². The number of aromatic amines is 1. The Labute approximate surface area is 175 Å². The van der Waals surface area contributed by atoms with Gasteiger partial charge in [0.25, 0.3) is 0 Å². The number of halogens is 1. The van der Waals surface area contributed by atoms with Gasteiger partial charge in [0, 0.05) is 29.8 Å². The standard InChI is InChI=1S/C18H17ClN8OS/c1-10-5-16(25-24-10)22-17-11(19)7-20-18(23-17)27-4-2-3-14(27)15-6-12(26-28-15)13-8-29-9-21-13/h5-9,14H,2-4H2,1H3,(H2,20,22,23,24,25). The summed E-state index contributed by atoms with van der Waals surface area (Å²) in [5.74, 6) is 2.52. The van der Waals surface area contributed by atoms with Crippen LogP contribution in [0.15, 0.2) is 33.7 Å². The predicted octanol–water partition coefficient (Wildman–Crippen LogP) is 4.36. The minimum Gasteiger partial charge on any atom is -0.358 e. The predicted molar refractivity (Wildman–Crippen MR) is 111 cm³/mol. The molecule has 0 saturated carbocycles. The lowest BCUT2D eigenvalue weighted by Crippen LogP contribution is -2.24. The van der Waals surface area contributed by atoms with Gasteiger partial charge in [-0.25, -0.2) is 9.97 Å². The van der Waals surface area contributed by atoms with Crippen molar-refractivity contribution < 1.29 is 4.52 Å². The molecule has 0 bridgehead atoms. The van der Waals surface area contributed by atoms with Crippen molar-refractivity contribution in [1.82, 2.24) is 30.3 Å². The van der Waals surface area contributed by atoms with Crippen LogP contribution in [0.25, 0.3) is 11.4 Å². The number of H-pyrrole nitrogens is 1. The fourth-order valence-electron chi connectivity index (χ4n) is 3.40. The Hall–Kier alpha value is -2.98. The highest BCUT2D eigenvalue weighted by molar-refractivity contribution is 7.07. The maximum Gasteiger partial charge on any atom is 0.228 e. The molecule has 11 heteroatoms. The van der Waals surface area contributed by atoms with E-state index in [-0.39, 0.29) is 6.04 Å². The van der Waals surface area contributed by atoms with Crippen molar-refractivity contribution in [2.45, 2.75) is 25.8 Å². The van der Waals surface area contributed by atoms with Gasteiger partial charge in [0.05, 0.1) is 17.7 Å². The van der Waals surface area contributed by atoms with Crippen LogP contribution in [0.4, 0.5) is 17.6 Å². The summed E-state index contributed by atoms with van der Waals surface area (Å²) in [6.07, 6.45) is 3.53. The van der Waals surface area contributed by atoms with E-state index in [0.717, 1.165) is 42.2 Å². The third-order valence-electron chi connectivity index (χ3n) is 4.75. The van der Waals surface area contributed by atoms with Gasteiger partial charge >= 0.3 is 0 Å². The summed E-state index contributed by atoms with van der Waals surface area (Å²) in [4.78, 5) is 15.5. The van der Waals surface area contributed by atoms with Crippen LogP contribution < -0.4 is 10.2 Å². The average Bonchev–Trinajstić information content (AvgIpc) is 3.50. The summed E-state index contributed by atoms with van der Waals surface area (Å²) in [7, 11) is 0. The number of aryl methyl sites for hydroxylation is 1. The molecule has 0 amide bonds. The van der Waals surface area contributed by atoms with Crippen LogP contribution in [0.1, 0.15) is 30.3 Å². The molecule has 1 aliphatic heterocycles. The van der Waals surface area contributed by atoms with Crippen LogP contribution in [-0.4, -0.2) is 36.9 Å². The fraction of sp³-hybridized carbons (Fsp3) is 0.278. The molecule has 1 atom stereocenters. The number of rotatable bonds is 5. The summed E-state index contributed by atoms with van der Waals surface area (Å²) < 4.78 is 5.64. The third kappa shape index (κ3) is 3.56. The average molecular weight is 429 g/mol. The number of thiazole rings is 1. The Morgan fingerprint density at radius 3 is 3.03 bits per heavy atom. The number of hydrogen-bond donors (Lipinski definition) is 2. The first kappa shape index (κ1) is 18.1. The molecule has 29 heavy (non-hydrogen) atoms. The Balaban J connectivity index is 1.42. The lowest BCUT2D eigenvalue weighted by atomic mass is 10.1. The molecule has 0 radical (unpaired) electrons. The molecule has 0 aromatic carbocycles. The first-order valence-corrected chi connectivity index (χ1v) is 10.4. The molecule has 2 N–H and O–H groups in total. The molecule has 4 aromatic rings. The minimum absolute atomic E-state index is 0.0107. The monoisotopic (exact) mass is 428 g/mol. The van der Waals surface area contributed by atoms with E-state index in [1.165, 1.54) is 11.3 Å². The topological polar surface area (TPSA) is 109 Å². The highest BCUT2D eigenvalue weighted by Gasteiger charge is 2.32. The van der Waals surface area contributed by atoms with Gasteiger partial charge < -0.3 is 14.7 Å². The van der Waals surface area contributed by atoms with Crippen molar-refractivity contribution >= 4 is 40.5 Å². The molecule has 1 saturated heterocycles. The summed E-state index contributed by atoms with van der Waals surface area (Å²) in [5.41, 5.74) is 4.28. The molecule has 9 nitrogen and oxygen atoms in total. The molecule has 0 spiro atoms. The summed E-state index contributed by atoms with van der Waals surface area (Å²) in [6.45, 7) is 2.75. The second-order valence-corrected chi connectivity index (χ2v) is 7.89. The number of nitrogens with one attached hydrogen (secondary N) is 2. The lowest BCUT2D eigenvalue weighted by molar-refractivity contribution is 0.362. The Kier molecular flexibility index (Phi) is 4.64. The smallest absolute Gasteiger partial charge is 0.228 e. The third-order valence-corrected chi connectivity index (χ3v) is 5.61. The molecule has 1 fully saturated rings. The van der Waals surface area contributed by atoms with E-state index < -0.39 is 0 Å². The molecule has 4 aromatic heterocycles. The highest BCUT2D eigenvalue weighted by Crippen LogP contribution is 2.37. The van der Waals surface area contributed by atoms with E-state index in [1.54, 1.807) is 11.7 Å². The largest absolute Gasteiger partial charge is 0.358 e. The van der Waals surface area contributed by atoms with Crippen LogP contribution in [0.2, 0.25) is 5.02 Å². The molecule has 5 heterocycles. The van der Waals surface area contributed by atoms with Crippen LogP contribution in [0.5, 0.6) is 0 Å². The molecule has 1 unspecified atom stereocenters. The van der Waals surface area contributed by atoms with E-state index in [0.29, 0.717) is 22.6 Å². The number of anilines is 3. The first-order chi connectivity index (χ1) is 14.2. The second kappa shape index (κ2) is 7.45. The molecule has 0 aliphatic carbocycles. The zero-order chi connectivity index (χ0) is 19.8. The van der Waals surface area contributed by atoms with Gasteiger partial charge in [-0.15, -0.1) is 11.3 Å². The molecule has 148 valence electrons. The highest BCUT2D eigenvalue weighted by atomic mass is 35.5. The van der Waals surface area contributed by atoms with Gasteiger partial charge in [-0.3, -0.25) is 5.10 Å². The van der Waals surface area contributed by atoms with E-state index in [2.05, 4.69) is 40.5 Å². The van der Waals surface area contributed by atoms with Gasteiger partial charge in [-0.05, 0) is 19.8 Å². The van der Waals surface area contributed by atoms with Crippen molar-refractivity contribution in [3.8, 4) is 11.4 Å². The Bertz CT molecular complexity index is 1120. The van der Waals surface area contributed by atoms with Crippen molar-refractivity contribution in [2.24, 2.45) is 0 Å². The number of hydrogen-bond acceptors (Lipinski definition) is 9. The Morgan fingerprint density at radius 2 is 2.24 bits per heavy atom. The van der Waals surface area contributed by atoms with Crippen LogP contribution in [0.3, 0.4) is 0 Å². The van der Waals surface area contributed by atoms with E-state index >= 15 is 0 Å². The van der Waals surface area contributed by atoms with Gasteiger partial charge in [-0.2, -0.15) is 10.1 Å². The molecule has 1 aliphatic rings. The van der Waals surface area contributed by atoms with Gasteiger partial charge in [0.2, 0.25) is 5.95 Å². The molecular formula is C18H17ClN8OS. The summed E-state index contributed by atoms with van der Waals surface area (Å²) >= 11 is 7.82. The zero-order valence-electron chi connectivity index (χ0n) is 15.5. The van der Waals surface area contributed by atoms with Crippen molar-refractivity contribution in [1.29, 1.82) is 0 Å². The van der Waals surface area contributed by atoms with Crippen molar-refractivity contribution in [3.05, 3.63) is 45.7 Å². The summed E-state index contributed by atoms with van der Waals surface area (Å²) in [5, 5.41) is 16.8. The Morgan fingerprint density at radius 1 is 1.31 bits per heavy atom. The van der Waals surface area contributed by atoms with E-state index in [4.69, 9.17) is 16.1 Å². The maximum absolute atomic E-state index is 6.29. The SMILES string of the molecule is Cc1cc(Nc2nc(N3CCCC3c3cc(-c4cscn4)no3)ncc2Cl)n[nH]1. The van der Waals surface area contributed by atoms with E-state index in [9.17, 15) is 0 Å². The van der Waals surface area contributed by atoms with E-state index in [1.807, 2.05) is 24.4 Å². The lowest BCUT2D eigenvalue weighted by Gasteiger charge is -2.23. The fourth-order valence-corrected chi connectivity index (χ4v) is 4.08. The quantitative estimate of drug-likeness (QED) is 0.482. The molecule has 5 rings (SSSR count). The summed E-state index contributed by atoms with van der Waals surface area (Å²) in [6, 6.07) is 3.84. The van der Waals surface area contributed by atoms with Crippen LogP contribution in [0, 0.1) is 6.92 Å². The van der Waals surface area contributed by atoms with Gasteiger partial charge in [0.15, 0.2) is 17.4 Å². The normalized spacial score (nSPS) is 16.5. The van der Waals surface area contributed by atoms with Crippen LogP contribution in [-0.2, 0) is 0 Å². The van der Waals surface area contributed by atoms with Gasteiger partial charge in [0.1, 0.15) is 16.4 Å². The number of aromatic nitrogens is 6. The minimum atomic E-state index is 0.0107. The molecular weight excluding hydrogens is 412 g/mol. The second-order valence-electron chi connectivity index (χ2n) is 6.77. The van der Waals surface area contributed by atoms with Crippen molar-refractivity contribution in [2.75, 3.05) is 16.8 Å². The first-order valence-electron chi connectivity index (χ1n) is 9.11. The zero-order valence-corrected chi connectivity index (χ0v) is 17.0. The maximum atomic E-state index is 6.29. The van der Waals surface area contributed by atoms with Crippen LogP contribution >= 0.6 is 22.9 Å².